The van der Waals surface area contributed by atoms with Gasteiger partial charge in [-0.2, -0.15) is 0 Å². The van der Waals surface area contributed by atoms with Gasteiger partial charge in [0, 0.05) is 6.54 Å². The summed E-state index contributed by atoms with van der Waals surface area (Å²) < 4.78 is 29.9. The average molecular weight is 460 g/mol. The molecule has 1 amide bonds. The Labute approximate surface area is 189 Å². The first-order valence-corrected chi connectivity index (χ1v) is 10.8. The van der Waals surface area contributed by atoms with Crippen LogP contribution < -0.4 is 16.2 Å². The van der Waals surface area contributed by atoms with Crippen LogP contribution in [-0.4, -0.2) is 38.6 Å². The first kappa shape index (κ1) is 23.0. The standard InChI is InChI=1S/C23H26F2N4O4/c1-13-9-15(3-4-16(13)24)11-26-19(32)17-18(31)20(33)29-12-22(25)5-7-23(8-6-22,21(29)28-17)27-10-14(2)30/h3-4,9,27,31H,5-8,10-12H2,1-2H3,(H,26,32). The van der Waals surface area contributed by atoms with E-state index in [9.17, 15) is 23.9 Å². The van der Waals surface area contributed by atoms with Crippen molar-refractivity contribution in [1.29, 1.82) is 0 Å². The normalized spacial score (nSPS) is 23.6. The van der Waals surface area contributed by atoms with E-state index in [1.165, 1.54) is 19.1 Å². The van der Waals surface area contributed by atoms with Crippen LogP contribution in [0.3, 0.4) is 0 Å². The molecule has 1 aromatic heterocycles. The van der Waals surface area contributed by atoms with E-state index in [0.29, 0.717) is 24.0 Å². The first-order chi connectivity index (χ1) is 15.5. The Balaban J connectivity index is 1.70. The minimum Gasteiger partial charge on any atom is -0.501 e. The molecule has 1 saturated carbocycles. The van der Waals surface area contributed by atoms with Crippen LogP contribution in [0.15, 0.2) is 23.0 Å². The Bertz CT molecular complexity index is 1190. The summed E-state index contributed by atoms with van der Waals surface area (Å²) in [5.74, 6) is -2.01. The molecule has 10 heteroatoms. The number of Topliss-reactive ketones (excluding diaryl/α,β-unsaturated/α-hetero) is 1. The molecule has 3 aliphatic rings. The molecule has 0 unspecified atom stereocenters. The molecule has 1 aliphatic carbocycles. The van der Waals surface area contributed by atoms with E-state index in [4.69, 9.17) is 0 Å². The summed E-state index contributed by atoms with van der Waals surface area (Å²) in [6, 6.07) is 4.38. The number of carbonyl (C=O) groups excluding carboxylic acids is 2. The summed E-state index contributed by atoms with van der Waals surface area (Å²) in [5.41, 5.74) is -2.91. The maximum absolute atomic E-state index is 15.3. The van der Waals surface area contributed by atoms with E-state index in [1.807, 2.05) is 0 Å². The number of aryl methyl sites for hydroxylation is 1. The Kier molecular flexibility index (Phi) is 5.81. The number of amides is 1. The van der Waals surface area contributed by atoms with Crippen LogP contribution in [0.4, 0.5) is 8.78 Å². The number of aromatic hydroxyl groups is 1. The number of nitrogens with one attached hydrogen (secondary N) is 2. The van der Waals surface area contributed by atoms with E-state index in [1.54, 1.807) is 13.0 Å². The van der Waals surface area contributed by atoms with Crippen molar-refractivity contribution in [2.75, 3.05) is 6.54 Å². The number of hydrogen-bond acceptors (Lipinski definition) is 6. The molecule has 3 N–H and O–H groups in total. The van der Waals surface area contributed by atoms with Crippen molar-refractivity contribution in [3.8, 4) is 5.75 Å². The van der Waals surface area contributed by atoms with Crippen molar-refractivity contribution in [3.05, 3.63) is 57.0 Å². The molecular weight excluding hydrogens is 434 g/mol. The third-order valence-electron chi connectivity index (χ3n) is 6.58. The fraction of sp³-hybridized carbons (Fsp3) is 0.478. The lowest BCUT2D eigenvalue weighted by Gasteiger charge is -2.38. The Morgan fingerprint density at radius 2 is 1.94 bits per heavy atom. The lowest BCUT2D eigenvalue weighted by Crippen LogP contribution is -2.49. The minimum absolute atomic E-state index is 0.00147. The molecule has 1 fully saturated rings. The van der Waals surface area contributed by atoms with Gasteiger partial charge in [-0.3, -0.25) is 24.3 Å². The number of aromatic nitrogens is 2. The number of alkyl halides is 1. The highest BCUT2D eigenvalue weighted by Gasteiger charge is 2.51. The summed E-state index contributed by atoms with van der Waals surface area (Å²) in [5, 5.41) is 16.2. The summed E-state index contributed by atoms with van der Waals surface area (Å²) in [6.07, 6.45) is 0.910. The second-order valence-corrected chi connectivity index (χ2v) is 9.08. The van der Waals surface area contributed by atoms with Crippen molar-refractivity contribution in [2.24, 2.45) is 0 Å². The number of nitrogens with zero attached hydrogens (tertiary/aromatic N) is 2. The number of hydrogen-bond donors (Lipinski definition) is 3. The van der Waals surface area contributed by atoms with Gasteiger partial charge in [0.2, 0.25) is 5.75 Å². The molecule has 0 spiro atoms. The van der Waals surface area contributed by atoms with Gasteiger partial charge in [-0.05, 0) is 56.7 Å². The van der Waals surface area contributed by atoms with Crippen LogP contribution in [-0.2, 0) is 23.4 Å². The maximum Gasteiger partial charge on any atom is 0.296 e. The zero-order valence-corrected chi connectivity index (χ0v) is 18.5. The third kappa shape index (κ3) is 4.27. The largest absolute Gasteiger partial charge is 0.501 e. The second-order valence-electron chi connectivity index (χ2n) is 9.08. The molecule has 176 valence electrons. The molecule has 0 radical (unpaired) electrons. The molecular formula is C23H26F2N4O4. The molecule has 0 atom stereocenters. The summed E-state index contributed by atoms with van der Waals surface area (Å²) >= 11 is 0. The lowest BCUT2D eigenvalue weighted by atomic mass is 9.76. The van der Waals surface area contributed by atoms with E-state index in [0.717, 1.165) is 4.57 Å². The van der Waals surface area contributed by atoms with E-state index >= 15 is 4.39 Å². The van der Waals surface area contributed by atoms with Crippen LogP contribution in [0.2, 0.25) is 0 Å². The minimum atomic E-state index is -1.63. The molecule has 0 saturated heterocycles. The molecule has 2 bridgehead atoms. The number of halogens is 2. The number of rotatable bonds is 6. The van der Waals surface area contributed by atoms with Crippen LogP contribution in [0.5, 0.6) is 5.75 Å². The van der Waals surface area contributed by atoms with Gasteiger partial charge in [0.1, 0.15) is 23.1 Å². The fourth-order valence-electron chi connectivity index (χ4n) is 4.64. The molecule has 2 aliphatic heterocycles. The SMILES string of the molecule is CC(=O)CNC12CCC(F)(CC1)Cn1c2nc(C(=O)NCc2ccc(F)c(C)c2)c(O)c1=O. The molecule has 33 heavy (non-hydrogen) atoms. The fourth-order valence-corrected chi connectivity index (χ4v) is 4.64. The zero-order chi connectivity index (χ0) is 24.0. The van der Waals surface area contributed by atoms with Gasteiger partial charge in [0.15, 0.2) is 5.69 Å². The predicted molar refractivity (Wildman–Crippen MR) is 115 cm³/mol. The summed E-state index contributed by atoms with van der Waals surface area (Å²) in [6.45, 7) is 2.77. The molecule has 5 rings (SSSR count). The van der Waals surface area contributed by atoms with Crippen molar-refractivity contribution in [2.45, 2.75) is 63.8 Å². The number of fused-ring (bicyclic) bond motifs is 2. The van der Waals surface area contributed by atoms with E-state index in [-0.39, 0.29) is 49.9 Å². The Morgan fingerprint density at radius 1 is 1.24 bits per heavy atom. The highest BCUT2D eigenvalue weighted by atomic mass is 19.1. The quantitative estimate of drug-likeness (QED) is 0.608. The second kappa shape index (κ2) is 8.33. The van der Waals surface area contributed by atoms with Crippen LogP contribution >= 0.6 is 0 Å². The highest BCUT2D eigenvalue weighted by Crippen LogP contribution is 2.46. The first-order valence-electron chi connectivity index (χ1n) is 10.8. The third-order valence-corrected chi connectivity index (χ3v) is 6.58. The highest BCUT2D eigenvalue weighted by molar-refractivity contribution is 5.94. The zero-order valence-electron chi connectivity index (χ0n) is 18.5. The van der Waals surface area contributed by atoms with E-state index < -0.39 is 34.1 Å². The lowest BCUT2D eigenvalue weighted by molar-refractivity contribution is -0.116. The smallest absolute Gasteiger partial charge is 0.296 e. The Morgan fingerprint density at radius 3 is 2.58 bits per heavy atom. The van der Waals surface area contributed by atoms with Crippen LogP contribution in [0.25, 0.3) is 0 Å². The Hall–Kier alpha value is -3.14. The topological polar surface area (TPSA) is 113 Å². The van der Waals surface area contributed by atoms with Crippen LogP contribution in [0, 0.1) is 12.7 Å². The number of benzene rings is 1. The number of ketones is 1. The van der Waals surface area contributed by atoms with Gasteiger partial charge < -0.3 is 10.4 Å². The van der Waals surface area contributed by atoms with Crippen molar-refractivity contribution in [3.63, 3.8) is 0 Å². The van der Waals surface area contributed by atoms with Gasteiger partial charge in [-0.25, -0.2) is 13.8 Å². The maximum atomic E-state index is 15.3. The monoisotopic (exact) mass is 460 g/mol. The molecule has 1 aromatic carbocycles. The van der Waals surface area contributed by atoms with Crippen molar-refractivity contribution in [1.82, 2.24) is 20.2 Å². The average Bonchev–Trinajstić information content (AvgIpc) is 2.98. The van der Waals surface area contributed by atoms with Gasteiger partial charge in [-0.15, -0.1) is 0 Å². The van der Waals surface area contributed by atoms with Gasteiger partial charge in [0.05, 0.1) is 18.6 Å². The van der Waals surface area contributed by atoms with Crippen LogP contribution in [0.1, 0.15) is 60.0 Å². The molecule has 8 nitrogen and oxygen atoms in total. The predicted octanol–water partition coefficient (Wildman–Crippen LogP) is 2.00. The van der Waals surface area contributed by atoms with Gasteiger partial charge in [-0.1, -0.05) is 12.1 Å². The van der Waals surface area contributed by atoms with E-state index in [2.05, 4.69) is 15.6 Å². The summed E-state index contributed by atoms with van der Waals surface area (Å²) in [7, 11) is 0. The molecule has 2 aromatic rings. The van der Waals surface area contributed by atoms with Gasteiger partial charge in [0.25, 0.3) is 11.5 Å². The van der Waals surface area contributed by atoms with Crippen molar-refractivity contribution >= 4 is 11.7 Å². The van der Waals surface area contributed by atoms with Gasteiger partial charge >= 0.3 is 0 Å². The number of carbonyl (C=O) groups is 2. The molecule has 3 heterocycles. The summed E-state index contributed by atoms with van der Waals surface area (Å²) in [4.78, 5) is 41.8. The van der Waals surface area contributed by atoms with Crippen molar-refractivity contribution < 1.29 is 23.5 Å².